The van der Waals surface area contributed by atoms with E-state index in [1.54, 1.807) is 0 Å². The van der Waals surface area contributed by atoms with Gasteiger partial charge < -0.3 is 9.47 Å². The molecule has 0 aliphatic carbocycles. The zero-order valence-electron chi connectivity index (χ0n) is 20.0. The van der Waals surface area contributed by atoms with Crippen LogP contribution in [0.2, 0.25) is 24.2 Å². The summed E-state index contributed by atoms with van der Waals surface area (Å²) >= 11 is 71.3. The van der Waals surface area contributed by atoms with Crippen molar-refractivity contribution in [3.63, 3.8) is 0 Å². The van der Waals surface area contributed by atoms with Crippen molar-refractivity contribution in [1.82, 2.24) is 0 Å². The Morgan fingerprint density at radius 3 is 0.868 bits per heavy atom. The molecule has 0 fully saturated rings. The lowest BCUT2D eigenvalue weighted by atomic mass is 10.1. The van der Waals surface area contributed by atoms with Crippen LogP contribution in [0.1, 0.15) is 51.4 Å². The van der Waals surface area contributed by atoms with Crippen LogP contribution >= 0.6 is 133 Å². The van der Waals surface area contributed by atoms with Gasteiger partial charge in [0.25, 0.3) is 0 Å². The van der Waals surface area contributed by atoms with Gasteiger partial charge in [0.05, 0.1) is 0 Å². The first kappa shape index (κ1) is 41.0. The standard InChI is InChI=1S/C18H28Cl12O4Si4/c19-35(20,21)11-1-5-15(6-2-12-36(22,23)24)33-17(31)9-10-18(32)34-16(7-3-13-37(25,26)27)8-4-14-38(28,29)30/h9-10,15-16H,1-8,11-14H2. The molecule has 0 saturated carbocycles. The summed E-state index contributed by atoms with van der Waals surface area (Å²) in [6, 6.07) is -9.58. The topological polar surface area (TPSA) is 52.6 Å². The molecule has 0 bridgehead atoms. The highest BCUT2D eigenvalue weighted by molar-refractivity contribution is 7.66. The summed E-state index contributed by atoms with van der Waals surface area (Å²) in [5.41, 5.74) is 0. The quantitative estimate of drug-likeness (QED) is 0.0530. The maximum absolute atomic E-state index is 12.4. The number of carbonyl (C=O) groups is 2. The molecule has 0 heterocycles. The lowest BCUT2D eigenvalue weighted by Crippen LogP contribution is -2.21. The van der Waals surface area contributed by atoms with Gasteiger partial charge in [-0.2, -0.15) is 0 Å². The maximum Gasteiger partial charge on any atom is 0.341 e. The van der Waals surface area contributed by atoms with Gasteiger partial charge in [-0.1, -0.05) is 0 Å². The van der Waals surface area contributed by atoms with Gasteiger partial charge in [0, 0.05) is 12.2 Å². The van der Waals surface area contributed by atoms with Crippen molar-refractivity contribution in [3.05, 3.63) is 12.2 Å². The Morgan fingerprint density at radius 2 is 0.684 bits per heavy atom. The second-order valence-corrected chi connectivity index (χ2v) is 45.6. The van der Waals surface area contributed by atoms with Crippen molar-refractivity contribution in [1.29, 1.82) is 0 Å². The number of hydrogen-bond donors (Lipinski definition) is 0. The molecule has 0 unspecified atom stereocenters. The summed E-state index contributed by atoms with van der Waals surface area (Å²) in [6.45, 7) is 0. The molecule has 4 nitrogen and oxygen atoms in total. The third-order valence-electron chi connectivity index (χ3n) is 4.87. The van der Waals surface area contributed by atoms with Gasteiger partial charge in [0.2, 0.25) is 0 Å². The average molecular weight is 846 g/mol. The SMILES string of the molecule is O=C(C=CC(=O)OC(CCC[Si](Cl)(Cl)Cl)CCC[Si](Cl)(Cl)Cl)OC(CCC[Si](Cl)(Cl)Cl)CCC[Si](Cl)(Cl)Cl. The predicted molar refractivity (Wildman–Crippen MR) is 178 cm³/mol. The number of carbonyl (C=O) groups excluding carboxylic acids is 2. The van der Waals surface area contributed by atoms with Gasteiger partial charge in [-0.25, -0.2) is 9.59 Å². The normalized spacial score (nSPS) is 13.5. The molecule has 0 N–H and O–H groups in total. The van der Waals surface area contributed by atoms with E-state index in [4.69, 9.17) is 142 Å². The molecule has 0 saturated heterocycles. The summed E-state index contributed by atoms with van der Waals surface area (Å²) in [7, 11) is 0. The van der Waals surface area contributed by atoms with Gasteiger partial charge in [0.15, 0.2) is 0 Å². The van der Waals surface area contributed by atoms with Gasteiger partial charge in [-0.3, -0.25) is 0 Å². The minimum Gasteiger partial charge on any atom is -0.459 e. The fraction of sp³-hybridized carbons (Fsp3) is 0.778. The van der Waals surface area contributed by atoms with Crippen LogP contribution in [0.5, 0.6) is 0 Å². The van der Waals surface area contributed by atoms with Gasteiger partial charge in [0.1, 0.15) is 12.2 Å². The van der Waals surface area contributed by atoms with E-state index in [-0.39, 0.29) is 0 Å². The molecule has 38 heavy (non-hydrogen) atoms. The van der Waals surface area contributed by atoms with Crippen molar-refractivity contribution < 1.29 is 19.1 Å². The van der Waals surface area contributed by atoms with Crippen molar-refractivity contribution in [3.8, 4) is 0 Å². The summed E-state index contributed by atoms with van der Waals surface area (Å²) in [6.07, 6.45) is 5.08. The largest absolute Gasteiger partial charge is 0.459 e. The number of ether oxygens (including phenoxy) is 2. The van der Waals surface area contributed by atoms with Crippen molar-refractivity contribution >= 4 is 169 Å². The van der Waals surface area contributed by atoms with Crippen molar-refractivity contribution in [2.45, 2.75) is 87.8 Å². The molecular weight excluding hydrogens is 818 g/mol. The second kappa shape index (κ2) is 20.1. The van der Waals surface area contributed by atoms with E-state index in [0.717, 1.165) is 12.2 Å². The van der Waals surface area contributed by atoms with Crippen LogP contribution in [0.4, 0.5) is 0 Å². The van der Waals surface area contributed by atoms with Gasteiger partial charge in [-0.05, 0) is 75.5 Å². The maximum atomic E-state index is 12.4. The van der Waals surface area contributed by atoms with E-state index in [2.05, 4.69) is 0 Å². The molecule has 0 radical (unpaired) electrons. The van der Waals surface area contributed by atoms with Gasteiger partial charge >= 0.3 is 36.0 Å². The predicted octanol–water partition coefficient (Wildman–Crippen LogP) is 11.1. The summed E-state index contributed by atoms with van der Waals surface area (Å²) < 4.78 is 11.0. The van der Waals surface area contributed by atoms with Crippen LogP contribution < -0.4 is 0 Å². The molecule has 0 aliphatic heterocycles. The molecule has 0 aliphatic rings. The minimum atomic E-state index is -2.81. The summed E-state index contributed by atoms with van der Waals surface area (Å²) in [4.78, 5) is 24.8. The van der Waals surface area contributed by atoms with Crippen LogP contribution in [-0.2, 0) is 19.1 Å². The zero-order chi connectivity index (χ0) is 29.6. The van der Waals surface area contributed by atoms with Gasteiger partial charge in [-0.15, -0.1) is 133 Å². The van der Waals surface area contributed by atoms with Crippen LogP contribution in [-0.4, -0.2) is 48.2 Å². The Kier molecular flexibility index (Phi) is 21.7. The molecular formula is C18H28Cl12O4Si4. The van der Waals surface area contributed by atoms with E-state index < -0.39 is 48.2 Å². The molecule has 0 aromatic heterocycles. The van der Waals surface area contributed by atoms with Crippen molar-refractivity contribution in [2.24, 2.45) is 0 Å². The minimum absolute atomic E-state index is 0.413. The fourth-order valence-corrected chi connectivity index (χ4v) is 10.4. The lowest BCUT2D eigenvalue weighted by molar-refractivity contribution is -0.146. The monoisotopic (exact) mass is 840 g/mol. The Hall–Kier alpha value is 3.03. The average Bonchev–Trinajstić information content (AvgIpc) is 2.68. The van der Waals surface area contributed by atoms with Crippen molar-refractivity contribution in [2.75, 3.05) is 0 Å². The molecule has 20 heteroatoms. The number of rotatable bonds is 20. The number of halogens is 12. The highest BCUT2D eigenvalue weighted by atomic mass is 35.9. The highest BCUT2D eigenvalue weighted by Gasteiger charge is 2.29. The first-order valence-electron chi connectivity index (χ1n) is 11.5. The number of esters is 2. The Morgan fingerprint density at radius 1 is 0.474 bits per heavy atom. The highest BCUT2D eigenvalue weighted by Crippen LogP contribution is 2.32. The van der Waals surface area contributed by atoms with E-state index in [1.807, 2.05) is 0 Å². The third-order valence-corrected chi connectivity index (χ3v) is 15.4. The first-order valence-corrected chi connectivity index (χ1v) is 32.5. The van der Waals surface area contributed by atoms with E-state index >= 15 is 0 Å². The third kappa shape index (κ3) is 29.1. The molecule has 0 amide bonds. The van der Waals surface area contributed by atoms with Crippen LogP contribution in [0.15, 0.2) is 12.2 Å². The molecule has 0 rings (SSSR count). The summed E-state index contributed by atoms with van der Waals surface area (Å²) in [5, 5.41) is 0. The Bertz CT molecular complexity index is 639. The van der Waals surface area contributed by atoms with E-state index in [9.17, 15) is 9.59 Å². The van der Waals surface area contributed by atoms with Crippen LogP contribution in [0.25, 0.3) is 0 Å². The Balaban J connectivity index is 4.99. The molecule has 224 valence electrons. The zero-order valence-corrected chi connectivity index (χ0v) is 33.0. The molecule has 0 spiro atoms. The smallest absolute Gasteiger partial charge is 0.341 e. The second-order valence-electron chi connectivity index (χ2n) is 8.48. The Labute approximate surface area is 284 Å². The molecule has 0 aromatic carbocycles. The number of hydrogen-bond acceptors (Lipinski definition) is 4. The molecule has 0 aromatic rings. The lowest BCUT2D eigenvalue weighted by Gasteiger charge is -2.19. The van der Waals surface area contributed by atoms with Crippen LogP contribution in [0, 0.1) is 0 Å². The molecule has 0 atom stereocenters. The van der Waals surface area contributed by atoms with Crippen LogP contribution in [0.3, 0.4) is 0 Å². The van der Waals surface area contributed by atoms with E-state index in [1.165, 1.54) is 0 Å². The first-order chi connectivity index (χ1) is 17.2. The fourth-order valence-electron chi connectivity index (χ4n) is 3.19. The van der Waals surface area contributed by atoms with E-state index in [0.29, 0.717) is 75.5 Å². The summed E-state index contributed by atoms with van der Waals surface area (Å²) in [5.74, 6) is -1.43.